The lowest BCUT2D eigenvalue weighted by atomic mass is 9.95. The van der Waals surface area contributed by atoms with Gasteiger partial charge in [0.2, 0.25) is 0 Å². The number of ether oxygens (including phenoxy) is 1. The molecule has 0 saturated heterocycles. The minimum atomic E-state index is -0.415. The van der Waals surface area contributed by atoms with E-state index in [1.165, 1.54) is 37.7 Å². The Morgan fingerprint density at radius 2 is 2.21 bits per heavy atom. The van der Waals surface area contributed by atoms with Gasteiger partial charge in [-0.15, -0.1) is 11.3 Å². The van der Waals surface area contributed by atoms with Crippen molar-refractivity contribution in [1.82, 2.24) is 5.32 Å². The zero-order valence-electron chi connectivity index (χ0n) is 10.7. The molecule has 1 aromatic rings. The third-order valence-electron chi connectivity index (χ3n) is 3.39. The molecule has 0 spiro atoms. The van der Waals surface area contributed by atoms with E-state index < -0.39 is 6.04 Å². The molecule has 0 aromatic carbocycles. The molecule has 1 fully saturated rings. The van der Waals surface area contributed by atoms with Crippen LogP contribution in [0.1, 0.15) is 43.0 Å². The van der Waals surface area contributed by atoms with Crippen molar-refractivity contribution in [3.8, 4) is 0 Å². The molecule has 0 amide bonds. The van der Waals surface area contributed by atoms with Crippen molar-refractivity contribution in [2.75, 3.05) is 7.11 Å². The van der Waals surface area contributed by atoms with Gasteiger partial charge in [-0.3, -0.25) is 5.32 Å². The van der Waals surface area contributed by atoms with E-state index in [0.29, 0.717) is 10.4 Å². The van der Waals surface area contributed by atoms with Crippen LogP contribution in [0.2, 0.25) is 4.34 Å². The number of thiophene rings is 1. The Labute approximate surface area is 130 Å². The number of esters is 1. The van der Waals surface area contributed by atoms with Gasteiger partial charge in [-0.05, 0) is 34.8 Å². The minimum Gasteiger partial charge on any atom is -0.468 e. The third-order valence-corrected chi connectivity index (χ3v) is 5.93. The Morgan fingerprint density at radius 3 is 2.74 bits per heavy atom. The molecule has 1 saturated carbocycles. The fourth-order valence-corrected chi connectivity index (χ4v) is 4.18. The minimum absolute atomic E-state index is 0.254. The van der Waals surface area contributed by atoms with Gasteiger partial charge in [0.25, 0.3) is 0 Å². The number of hydrogen-bond donors (Lipinski definition) is 1. The van der Waals surface area contributed by atoms with Gasteiger partial charge in [-0.2, -0.15) is 0 Å². The first-order valence-corrected chi connectivity index (χ1v) is 8.39. The van der Waals surface area contributed by atoms with Crippen LogP contribution in [0.15, 0.2) is 10.5 Å². The highest BCUT2D eigenvalue weighted by Crippen LogP contribution is 2.36. The number of hydrogen-bond acceptors (Lipinski definition) is 4. The molecule has 1 aliphatic carbocycles. The van der Waals surface area contributed by atoms with Gasteiger partial charge in [-0.25, -0.2) is 4.79 Å². The Morgan fingerprint density at radius 1 is 1.53 bits per heavy atom. The second-order valence-corrected chi connectivity index (χ2v) is 7.27. The lowest BCUT2D eigenvalue weighted by molar-refractivity contribution is -0.143. The number of nitrogens with one attached hydrogen (secondary N) is 1. The molecule has 106 valence electrons. The maximum absolute atomic E-state index is 12.0. The van der Waals surface area contributed by atoms with Crippen molar-refractivity contribution in [2.45, 2.75) is 44.2 Å². The van der Waals surface area contributed by atoms with E-state index in [4.69, 9.17) is 16.3 Å². The normalized spacial score (nSPS) is 18.3. The maximum atomic E-state index is 12.0. The standard InChI is InChI=1S/C13H17BrClNO2S/c1-18-13(17)11(10-7-9(14)12(15)19-10)16-8-5-3-2-4-6-8/h7-8,11,16H,2-6H2,1H3. The molecule has 6 heteroatoms. The summed E-state index contributed by atoms with van der Waals surface area (Å²) in [6.07, 6.45) is 5.97. The molecule has 0 bridgehead atoms. The average molecular weight is 367 g/mol. The van der Waals surface area contributed by atoms with Crippen LogP contribution in [-0.4, -0.2) is 19.1 Å². The lowest BCUT2D eigenvalue weighted by Gasteiger charge is -2.26. The van der Waals surface area contributed by atoms with Gasteiger partial charge >= 0.3 is 5.97 Å². The zero-order valence-corrected chi connectivity index (χ0v) is 13.9. The number of carbonyl (C=O) groups excluding carboxylic acids is 1. The van der Waals surface area contributed by atoms with Crippen molar-refractivity contribution in [1.29, 1.82) is 0 Å². The van der Waals surface area contributed by atoms with Gasteiger partial charge in [0, 0.05) is 15.4 Å². The van der Waals surface area contributed by atoms with Crippen molar-refractivity contribution in [3.05, 3.63) is 19.8 Å². The highest BCUT2D eigenvalue weighted by molar-refractivity contribution is 9.10. The van der Waals surface area contributed by atoms with Crippen LogP contribution < -0.4 is 5.32 Å². The summed E-state index contributed by atoms with van der Waals surface area (Å²) in [5.41, 5.74) is 0. The first-order valence-electron chi connectivity index (χ1n) is 6.40. The Balaban J connectivity index is 2.13. The number of halogens is 2. The number of rotatable bonds is 4. The van der Waals surface area contributed by atoms with Crippen LogP contribution in [0.5, 0.6) is 0 Å². The molecule has 19 heavy (non-hydrogen) atoms. The zero-order chi connectivity index (χ0) is 13.8. The van der Waals surface area contributed by atoms with E-state index in [2.05, 4.69) is 21.2 Å². The summed E-state index contributed by atoms with van der Waals surface area (Å²) in [4.78, 5) is 12.9. The SMILES string of the molecule is COC(=O)C(NC1CCCCC1)c1cc(Br)c(Cl)s1. The Hall–Kier alpha value is -0.100. The molecule has 3 nitrogen and oxygen atoms in total. The van der Waals surface area contributed by atoms with Crippen molar-refractivity contribution < 1.29 is 9.53 Å². The summed E-state index contributed by atoms with van der Waals surface area (Å²) in [5.74, 6) is -0.254. The molecule has 1 unspecified atom stereocenters. The van der Waals surface area contributed by atoms with Crippen molar-refractivity contribution in [3.63, 3.8) is 0 Å². The molecule has 1 aromatic heterocycles. The molecule has 1 atom stereocenters. The van der Waals surface area contributed by atoms with Crippen LogP contribution in [0.25, 0.3) is 0 Å². The molecule has 1 aliphatic rings. The van der Waals surface area contributed by atoms with Crippen molar-refractivity contribution >= 4 is 44.8 Å². The van der Waals surface area contributed by atoms with Crippen LogP contribution in [0, 0.1) is 0 Å². The molecular formula is C13H17BrClNO2S. The van der Waals surface area contributed by atoms with E-state index in [9.17, 15) is 4.79 Å². The number of methoxy groups -OCH3 is 1. The fourth-order valence-electron chi connectivity index (χ4n) is 2.39. The second-order valence-electron chi connectivity index (χ2n) is 4.73. The van der Waals surface area contributed by atoms with Gasteiger partial charge in [0.15, 0.2) is 0 Å². The highest BCUT2D eigenvalue weighted by atomic mass is 79.9. The van der Waals surface area contributed by atoms with Gasteiger partial charge in [-0.1, -0.05) is 30.9 Å². The topological polar surface area (TPSA) is 38.3 Å². The Bertz CT molecular complexity index is 426. The quantitative estimate of drug-likeness (QED) is 0.807. The molecule has 1 N–H and O–H groups in total. The predicted octanol–water partition coefficient (Wildman–Crippen LogP) is 4.30. The maximum Gasteiger partial charge on any atom is 0.328 e. The van der Waals surface area contributed by atoms with Gasteiger partial charge in [0.1, 0.15) is 10.4 Å². The van der Waals surface area contributed by atoms with Gasteiger partial charge in [0.05, 0.1) is 7.11 Å². The monoisotopic (exact) mass is 365 g/mol. The van der Waals surface area contributed by atoms with Gasteiger partial charge < -0.3 is 4.74 Å². The first-order chi connectivity index (χ1) is 9.11. The van der Waals surface area contributed by atoms with E-state index in [1.54, 1.807) is 0 Å². The largest absolute Gasteiger partial charge is 0.468 e. The highest BCUT2D eigenvalue weighted by Gasteiger charge is 2.27. The molecule has 1 heterocycles. The molecule has 2 rings (SSSR count). The van der Waals surface area contributed by atoms with Crippen LogP contribution >= 0.6 is 38.9 Å². The smallest absolute Gasteiger partial charge is 0.328 e. The third kappa shape index (κ3) is 3.94. The molecule has 0 radical (unpaired) electrons. The van der Waals surface area contributed by atoms with Crippen LogP contribution in [-0.2, 0) is 9.53 Å². The average Bonchev–Trinajstić information content (AvgIpc) is 2.76. The molecular weight excluding hydrogens is 350 g/mol. The van der Waals surface area contributed by atoms with E-state index in [-0.39, 0.29) is 5.97 Å². The lowest BCUT2D eigenvalue weighted by Crippen LogP contribution is -2.38. The molecule has 0 aliphatic heterocycles. The van der Waals surface area contributed by atoms with Crippen LogP contribution in [0.4, 0.5) is 0 Å². The van der Waals surface area contributed by atoms with E-state index in [1.807, 2.05) is 6.07 Å². The summed E-state index contributed by atoms with van der Waals surface area (Å²) in [5, 5.41) is 3.42. The number of carbonyl (C=O) groups is 1. The first kappa shape index (κ1) is 15.3. The summed E-state index contributed by atoms with van der Waals surface area (Å²) >= 11 is 10.8. The summed E-state index contributed by atoms with van der Waals surface area (Å²) < 4.78 is 6.39. The second kappa shape index (κ2) is 7.07. The fraction of sp³-hybridized carbons (Fsp3) is 0.615. The van der Waals surface area contributed by atoms with E-state index >= 15 is 0 Å². The predicted molar refractivity (Wildman–Crippen MR) is 81.8 cm³/mol. The van der Waals surface area contributed by atoms with E-state index in [0.717, 1.165) is 22.2 Å². The summed E-state index contributed by atoms with van der Waals surface area (Å²) in [6, 6.07) is 1.86. The summed E-state index contributed by atoms with van der Waals surface area (Å²) in [7, 11) is 1.42. The van der Waals surface area contributed by atoms with Crippen LogP contribution in [0.3, 0.4) is 0 Å². The summed E-state index contributed by atoms with van der Waals surface area (Å²) in [6.45, 7) is 0. The van der Waals surface area contributed by atoms with Crippen molar-refractivity contribution in [2.24, 2.45) is 0 Å². The Kier molecular flexibility index (Phi) is 5.69.